The van der Waals surface area contributed by atoms with E-state index in [1.165, 1.54) is 22.3 Å². The van der Waals surface area contributed by atoms with E-state index in [1.807, 2.05) is 30.3 Å². The van der Waals surface area contributed by atoms with E-state index in [9.17, 15) is 9.18 Å². The molecule has 0 aliphatic heterocycles. The molecule has 4 aromatic rings. The van der Waals surface area contributed by atoms with E-state index in [0.29, 0.717) is 16.1 Å². The van der Waals surface area contributed by atoms with Crippen molar-refractivity contribution in [2.24, 2.45) is 0 Å². The highest BCUT2D eigenvalue weighted by molar-refractivity contribution is 7.21. The molecule has 5 rings (SSSR count). The van der Waals surface area contributed by atoms with Crippen LogP contribution in [0.25, 0.3) is 20.9 Å². The summed E-state index contributed by atoms with van der Waals surface area (Å²) in [5, 5.41) is 9.52. The van der Waals surface area contributed by atoms with Gasteiger partial charge in [0.15, 0.2) is 0 Å². The summed E-state index contributed by atoms with van der Waals surface area (Å²) in [6.45, 7) is 0.0397. The Labute approximate surface area is 188 Å². The number of halogens is 1. The van der Waals surface area contributed by atoms with E-state index in [0.717, 1.165) is 16.1 Å². The Bertz CT molecular complexity index is 1340. The molecular formula is C25H20FN3O2S. The van der Waals surface area contributed by atoms with Crippen LogP contribution in [0.4, 0.5) is 4.39 Å². The molecule has 0 saturated heterocycles. The van der Waals surface area contributed by atoms with Gasteiger partial charge in [-0.2, -0.15) is 0 Å². The van der Waals surface area contributed by atoms with Gasteiger partial charge < -0.3 is 10.0 Å². The molecular weight excluding hydrogens is 425 g/mol. The summed E-state index contributed by atoms with van der Waals surface area (Å²) in [5.41, 5.74) is 3.06. The highest BCUT2D eigenvalue weighted by atomic mass is 32.1. The van der Waals surface area contributed by atoms with Gasteiger partial charge in [0, 0.05) is 24.7 Å². The fraction of sp³-hybridized carbons (Fsp3) is 0.160. The molecule has 2 heterocycles. The van der Waals surface area contributed by atoms with Crippen LogP contribution >= 0.6 is 11.3 Å². The summed E-state index contributed by atoms with van der Waals surface area (Å²) >= 11 is 1.33. The number of aromatic nitrogens is 2. The molecule has 0 bridgehead atoms. The van der Waals surface area contributed by atoms with Gasteiger partial charge in [0.25, 0.3) is 5.91 Å². The van der Waals surface area contributed by atoms with Crippen LogP contribution in [0.3, 0.4) is 0 Å². The van der Waals surface area contributed by atoms with Gasteiger partial charge >= 0.3 is 0 Å². The van der Waals surface area contributed by atoms with Gasteiger partial charge in [-0.15, -0.1) is 0 Å². The number of rotatable bonds is 6. The quantitative estimate of drug-likeness (QED) is 0.446. The minimum Gasteiger partial charge on any atom is -0.395 e. The molecule has 0 atom stereocenters. The van der Waals surface area contributed by atoms with Crippen LogP contribution in [0, 0.1) is 5.82 Å². The topological polar surface area (TPSA) is 66.3 Å². The average molecular weight is 446 g/mol. The van der Waals surface area contributed by atoms with Crippen LogP contribution in [0.1, 0.15) is 21.6 Å². The number of aliphatic hydroxyl groups excluding tert-OH is 1. The molecule has 1 aliphatic carbocycles. The van der Waals surface area contributed by atoms with E-state index in [2.05, 4.69) is 29.3 Å². The average Bonchev–Trinajstić information content (AvgIpc) is 3.52. The molecule has 1 amide bonds. The minimum absolute atomic E-state index is 0.148. The van der Waals surface area contributed by atoms with Crippen LogP contribution in [-0.2, 0) is 5.41 Å². The van der Waals surface area contributed by atoms with Crippen molar-refractivity contribution in [3.63, 3.8) is 0 Å². The summed E-state index contributed by atoms with van der Waals surface area (Å²) in [5.74, 6) is -0.861. The van der Waals surface area contributed by atoms with Crippen molar-refractivity contribution in [3.05, 3.63) is 95.5 Å². The molecule has 0 unspecified atom stereocenters. The fourth-order valence-corrected chi connectivity index (χ4v) is 4.73. The van der Waals surface area contributed by atoms with Crippen molar-refractivity contribution in [1.82, 2.24) is 14.9 Å². The maximum atomic E-state index is 14.9. The van der Waals surface area contributed by atoms with Gasteiger partial charge in [0.05, 0.1) is 17.7 Å². The summed E-state index contributed by atoms with van der Waals surface area (Å²) in [6.07, 6.45) is 4.25. The van der Waals surface area contributed by atoms with Gasteiger partial charge in [0.1, 0.15) is 21.2 Å². The second-order valence-electron chi connectivity index (χ2n) is 7.75. The number of hydrogen-bond acceptors (Lipinski definition) is 5. The number of pyridine rings is 1. The maximum Gasteiger partial charge on any atom is 0.253 e. The number of allylic oxidation sites excluding steroid dienone is 2. The molecule has 2 aromatic carbocycles. The molecule has 0 fully saturated rings. The summed E-state index contributed by atoms with van der Waals surface area (Å²) in [6, 6.07) is 18.4. The monoisotopic (exact) mass is 445 g/mol. The van der Waals surface area contributed by atoms with Crippen LogP contribution in [-0.4, -0.2) is 46.1 Å². The van der Waals surface area contributed by atoms with Crippen LogP contribution < -0.4 is 0 Å². The van der Waals surface area contributed by atoms with Crippen molar-refractivity contribution < 1.29 is 14.3 Å². The zero-order valence-electron chi connectivity index (χ0n) is 17.3. The fourth-order valence-electron chi connectivity index (χ4n) is 3.76. The molecule has 2 aromatic heterocycles. The first-order valence-corrected chi connectivity index (χ1v) is 11.0. The van der Waals surface area contributed by atoms with Gasteiger partial charge in [-0.25, -0.2) is 14.4 Å². The van der Waals surface area contributed by atoms with E-state index in [4.69, 9.17) is 10.1 Å². The maximum absolute atomic E-state index is 14.9. The van der Waals surface area contributed by atoms with Crippen molar-refractivity contribution in [3.8, 4) is 10.6 Å². The van der Waals surface area contributed by atoms with Crippen molar-refractivity contribution in [1.29, 1.82) is 0 Å². The number of hydrogen-bond donors (Lipinski definition) is 1. The lowest BCUT2D eigenvalue weighted by atomic mass is 9.89. The zero-order valence-corrected chi connectivity index (χ0v) is 18.1. The Morgan fingerprint density at radius 1 is 1.09 bits per heavy atom. The number of carbonyl (C=O) groups is 1. The van der Waals surface area contributed by atoms with Crippen molar-refractivity contribution in [2.75, 3.05) is 20.2 Å². The number of fused-ring (bicyclic) bond motifs is 1. The minimum atomic E-state index is -0.517. The molecule has 0 saturated carbocycles. The summed E-state index contributed by atoms with van der Waals surface area (Å²) in [4.78, 5) is 23.8. The lowest BCUT2D eigenvalue weighted by Crippen LogP contribution is -2.29. The van der Waals surface area contributed by atoms with Gasteiger partial charge in [-0.05, 0) is 35.9 Å². The first kappa shape index (κ1) is 20.5. The Balaban J connectivity index is 1.47. The van der Waals surface area contributed by atoms with Gasteiger partial charge in [-0.3, -0.25) is 4.79 Å². The number of likely N-dealkylation sites (N-methyl/N-ethyl adjacent to an activating group) is 1. The smallest absolute Gasteiger partial charge is 0.253 e. The van der Waals surface area contributed by atoms with Gasteiger partial charge in [0.2, 0.25) is 0 Å². The number of aliphatic hydroxyl groups is 1. The highest BCUT2D eigenvalue weighted by Gasteiger charge is 2.39. The van der Waals surface area contributed by atoms with E-state index >= 15 is 0 Å². The third-order valence-corrected chi connectivity index (χ3v) is 6.66. The van der Waals surface area contributed by atoms with E-state index < -0.39 is 5.82 Å². The van der Waals surface area contributed by atoms with Crippen molar-refractivity contribution >= 4 is 27.6 Å². The number of amides is 1. The third kappa shape index (κ3) is 3.49. The predicted octanol–water partition coefficient (Wildman–Crippen LogP) is 4.42. The number of thiazole rings is 1. The molecule has 1 aliphatic rings. The van der Waals surface area contributed by atoms with Crippen molar-refractivity contribution in [2.45, 2.75) is 5.41 Å². The molecule has 160 valence electrons. The third-order valence-electron chi connectivity index (χ3n) is 5.66. The normalized spacial score (nSPS) is 14.0. The molecule has 0 spiro atoms. The Morgan fingerprint density at radius 2 is 1.88 bits per heavy atom. The summed E-state index contributed by atoms with van der Waals surface area (Å²) < 4.78 is 14.9. The van der Waals surface area contributed by atoms with Crippen LogP contribution in [0.2, 0.25) is 0 Å². The zero-order chi connectivity index (χ0) is 22.3. The molecule has 5 nitrogen and oxygen atoms in total. The number of benzene rings is 2. The molecule has 7 heteroatoms. The van der Waals surface area contributed by atoms with Crippen LogP contribution in [0.5, 0.6) is 0 Å². The van der Waals surface area contributed by atoms with E-state index in [-0.39, 0.29) is 30.0 Å². The van der Waals surface area contributed by atoms with Gasteiger partial charge in [-0.1, -0.05) is 53.8 Å². The predicted molar refractivity (Wildman–Crippen MR) is 123 cm³/mol. The lowest BCUT2D eigenvalue weighted by Gasteiger charge is -2.15. The standard InChI is InChI=1S/C25H20FN3O2S/c1-29(13-14-30)24(31)16-7-8-18(19(26)15-16)22-27-20-9-10-21(28-23(20)32-22)25(11-12-25)17-5-3-2-4-6-17/h2-12,15,30H,13-14H2,1H3. The first-order valence-electron chi connectivity index (χ1n) is 10.2. The Kier molecular flexibility index (Phi) is 5.07. The Morgan fingerprint density at radius 3 is 2.56 bits per heavy atom. The molecule has 32 heavy (non-hydrogen) atoms. The number of nitrogens with zero attached hydrogens (tertiary/aromatic N) is 3. The van der Waals surface area contributed by atoms with E-state index in [1.54, 1.807) is 19.2 Å². The summed E-state index contributed by atoms with van der Waals surface area (Å²) in [7, 11) is 1.57. The largest absolute Gasteiger partial charge is 0.395 e. The molecule has 0 radical (unpaired) electrons. The highest BCUT2D eigenvalue weighted by Crippen LogP contribution is 2.45. The second kappa shape index (κ2) is 7.93. The first-order chi connectivity index (χ1) is 15.5. The SMILES string of the molecule is CN(CCO)C(=O)c1ccc(-c2nc3ccc(C4(c5ccccc5)C=C4)nc3s2)c(F)c1. The Hall–Kier alpha value is -3.42. The lowest BCUT2D eigenvalue weighted by molar-refractivity contribution is 0.0766. The molecule has 1 N–H and O–H groups in total. The second-order valence-corrected chi connectivity index (χ2v) is 8.73. The van der Waals surface area contributed by atoms with Crippen LogP contribution in [0.15, 0.2) is 72.8 Å². The number of carbonyl (C=O) groups excluding carboxylic acids is 1.